The predicted octanol–water partition coefficient (Wildman–Crippen LogP) is 6.77. The summed E-state index contributed by atoms with van der Waals surface area (Å²) in [5.41, 5.74) is 2.44. The molecule has 2 aliphatic carbocycles. The third kappa shape index (κ3) is 6.93. The van der Waals surface area contributed by atoms with Crippen molar-refractivity contribution in [2.24, 2.45) is 13.0 Å². The molecule has 55 heavy (non-hydrogen) atoms. The molecular weight excluding hydrogens is 774 g/mol. The van der Waals surface area contributed by atoms with Crippen LogP contribution in [0, 0.1) is 17.6 Å². The molecule has 3 aromatic heterocycles. The summed E-state index contributed by atoms with van der Waals surface area (Å²) in [6.07, 6.45) is 1.32. The first kappa shape index (κ1) is 38.0. The molecule has 3 atom stereocenters. The van der Waals surface area contributed by atoms with E-state index in [1.165, 1.54) is 23.0 Å². The third-order valence-electron chi connectivity index (χ3n) is 9.48. The Bertz CT molecular complexity index is 2550. The number of alkyl halides is 4. The van der Waals surface area contributed by atoms with E-state index in [4.69, 9.17) is 11.6 Å². The number of aromatic nitrogens is 5. The van der Waals surface area contributed by atoms with Gasteiger partial charge in [-0.1, -0.05) is 17.7 Å². The van der Waals surface area contributed by atoms with Gasteiger partial charge in [-0.15, -0.1) is 5.73 Å². The van der Waals surface area contributed by atoms with Crippen LogP contribution in [0.25, 0.3) is 22.0 Å². The Morgan fingerprint density at radius 3 is 2.42 bits per heavy atom. The molecule has 5 aromatic rings. The Morgan fingerprint density at radius 2 is 1.76 bits per heavy atom. The van der Waals surface area contributed by atoms with Gasteiger partial charge in [0.15, 0.2) is 5.82 Å². The first-order valence-electron chi connectivity index (χ1n) is 16.6. The average Bonchev–Trinajstić information content (AvgIpc) is 3.83. The number of halogens is 7. The number of allylic oxidation sites excluding steroid dienone is 1. The Balaban J connectivity index is 1.36. The summed E-state index contributed by atoms with van der Waals surface area (Å²) in [7, 11) is 1.24. The summed E-state index contributed by atoms with van der Waals surface area (Å²) < 4.78 is 118. The molecule has 0 spiro atoms. The van der Waals surface area contributed by atoms with Crippen molar-refractivity contribution in [1.82, 2.24) is 29.9 Å². The van der Waals surface area contributed by atoms with Crippen LogP contribution < -0.4 is 14.9 Å². The van der Waals surface area contributed by atoms with Gasteiger partial charge < -0.3 is 10.2 Å². The molecule has 2 aliphatic rings. The standard InChI is InChI=1S/C36H31ClF6N8O3S/c1-49(2)20-14-23(21-8-9-25(37)29-32(21)50(3)47-35(29)48-55(4,53)54)30(44-15-20)26(12-17-10-18(38)13-19(39)11-17)45-27(52)16-51-33-28(31(46-51)34(40)41)22-6-5-7-24(22)36(33,42)43/h6-11,13-15,22,24,26,34H,12,16H2,1-4H3,(H,45,52)(H,47,48)/t22-,24+,26-/m0/s1. The number of hydrogen-bond acceptors (Lipinski definition) is 7. The molecule has 288 valence electrons. The number of aryl methyl sites for hydroxylation is 1. The molecule has 7 rings (SSSR count). The molecule has 1 amide bonds. The fourth-order valence-corrected chi connectivity index (χ4v) is 8.01. The number of carbonyl (C=O) groups is 1. The number of sulfonamides is 1. The summed E-state index contributed by atoms with van der Waals surface area (Å²) in [5, 5.41) is 11.2. The van der Waals surface area contributed by atoms with E-state index in [0.29, 0.717) is 33.1 Å². The molecule has 0 aliphatic heterocycles. The lowest BCUT2D eigenvalue weighted by Gasteiger charge is -2.24. The van der Waals surface area contributed by atoms with Crippen molar-refractivity contribution in [2.75, 3.05) is 30.0 Å². The SMILES string of the molecule is CN(C)c1cnc([C@H](Cc2cc(F)cc(F)c2)NC(=O)Cn2nc(C(F)F)c3c2C(F)(F)[C@@H]2C=C=C[C@H]32)c(-c2ccc(Cl)c3c(NS(C)(=O)=O)nn(C)c23)c1. The van der Waals surface area contributed by atoms with Crippen LogP contribution in [-0.4, -0.2) is 59.2 Å². The summed E-state index contributed by atoms with van der Waals surface area (Å²) in [6, 6.07) is 6.39. The smallest absolute Gasteiger partial charge is 0.297 e. The first-order valence-corrected chi connectivity index (χ1v) is 18.9. The lowest BCUT2D eigenvalue weighted by Crippen LogP contribution is -2.35. The lowest BCUT2D eigenvalue weighted by atomic mass is 9.93. The Hall–Kier alpha value is -5.32. The monoisotopic (exact) mass is 804 g/mol. The second-order valence-electron chi connectivity index (χ2n) is 13.6. The maximum atomic E-state index is 15.7. The highest BCUT2D eigenvalue weighted by molar-refractivity contribution is 7.92. The molecular formula is C36H31ClF6N8O3S. The van der Waals surface area contributed by atoms with E-state index in [9.17, 15) is 30.8 Å². The Kier molecular flexibility index (Phi) is 9.50. The van der Waals surface area contributed by atoms with Gasteiger partial charge in [0.2, 0.25) is 15.9 Å². The number of benzene rings is 2. The fraction of sp³-hybridized carbons (Fsp3) is 0.306. The van der Waals surface area contributed by atoms with E-state index >= 15 is 8.78 Å². The lowest BCUT2D eigenvalue weighted by molar-refractivity contribution is -0.123. The summed E-state index contributed by atoms with van der Waals surface area (Å²) in [6.45, 7) is -0.913. The number of anilines is 2. The minimum atomic E-state index is -3.80. The van der Waals surface area contributed by atoms with Crippen LogP contribution in [-0.2, 0) is 40.8 Å². The average molecular weight is 805 g/mol. The molecule has 0 radical (unpaired) electrons. The maximum Gasteiger partial charge on any atom is 0.297 e. The van der Waals surface area contributed by atoms with Crippen LogP contribution in [0.5, 0.6) is 0 Å². The van der Waals surface area contributed by atoms with E-state index < -0.39 is 75.7 Å². The van der Waals surface area contributed by atoms with Gasteiger partial charge in [0.25, 0.3) is 12.3 Å². The van der Waals surface area contributed by atoms with Crippen molar-refractivity contribution < 1.29 is 39.6 Å². The van der Waals surface area contributed by atoms with E-state index in [2.05, 4.69) is 31.0 Å². The second-order valence-corrected chi connectivity index (χ2v) is 15.7. The highest BCUT2D eigenvalue weighted by Crippen LogP contribution is 2.57. The number of nitrogens with zero attached hydrogens (tertiary/aromatic N) is 6. The molecule has 0 saturated carbocycles. The van der Waals surface area contributed by atoms with Gasteiger partial charge in [-0.3, -0.25) is 23.9 Å². The van der Waals surface area contributed by atoms with Crippen LogP contribution in [0.1, 0.15) is 46.6 Å². The van der Waals surface area contributed by atoms with E-state index in [-0.39, 0.29) is 39.5 Å². The predicted molar refractivity (Wildman–Crippen MR) is 193 cm³/mol. The zero-order chi connectivity index (χ0) is 39.7. The van der Waals surface area contributed by atoms with Crippen molar-refractivity contribution >= 4 is 49.9 Å². The molecule has 11 nitrogen and oxygen atoms in total. The Morgan fingerprint density at radius 1 is 1.05 bits per heavy atom. The maximum absolute atomic E-state index is 15.7. The van der Waals surface area contributed by atoms with Crippen LogP contribution in [0.4, 0.5) is 37.8 Å². The van der Waals surface area contributed by atoms with Gasteiger partial charge in [0.1, 0.15) is 29.6 Å². The molecule has 0 bridgehead atoms. The topological polar surface area (TPSA) is 127 Å². The third-order valence-corrected chi connectivity index (χ3v) is 10.4. The molecule has 0 fully saturated rings. The van der Waals surface area contributed by atoms with Crippen molar-refractivity contribution in [3.8, 4) is 11.1 Å². The minimum absolute atomic E-state index is 0.0629. The summed E-state index contributed by atoms with van der Waals surface area (Å²) in [5.74, 6) is -9.03. The number of hydrogen-bond donors (Lipinski definition) is 2. The number of pyridine rings is 1. The normalized spacial score (nSPS) is 17.5. The van der Waals surface area contributed by atoms with E-state index in [1.807, 2.05) is 0 Å². The molecule has 3 heterocycles. The van der Waals surface area contributed by atoms with Crippen molar-refractivity contribution in [1.29, 1.82) is 0 Å². The molecule has 19 heteroatoms. The highest BCUT2D eigenvalue weighted by Gasteiger charge is 2.58. The number of amides is 1. The van der Waals surface area contributed by atoms with Gasteiger partial charge in [-0.05, 0) is 48.4 Å². The van der Waals surface area contributed by atoms with Gasteiger partial charge >= 0.3 is 0 Å². The molecule has 2 N–H and O–H groups in total. The van der Waals surface area contributed by atoms with Gasteiger partial charge in [-0.2, -0.15) is 19.0 Å². The molecule has 0 saturated heterocycles. The first-order chi connectivity index (χ1) is 25.8. The molecule has 2 aromatic carbocycles. The number of rotatable bonds is 11. The Labute approximate surface area is 315 Å². The zero-order valence-corrected chi connectivity index (χ0v) is 31.0. The zero-order valence-electron chi connectivity index (χ0n) is 29.4. The van der Waals surface area contributed by atoms with Crippen LogP contribution in [0.3, 0.4) is 0 Å². The molecule has 0 unspecified atom stereocenters. The van der Waals surface area contributed by atoms with Gasteiger partial charge in [-0.25, -0.2) is 26.0 Å². The fourth-order valence-electron chi connectivity index (χ4n) is 7.27. The van der Waals surface area contributed by atoms with Crippen LogP contribution >= 0.6 is 11.6 Å². The van der Waals surface area contributed by atoms with E-state index in [0.717, 1.165) is 24.5 Å². The van der Waals surface area contributed by atoms with E-state index in [1.54, 1.807) is 38.2 Å². The van der Waals surface area contributed by atoms with Crippen molar-refractivity contribution in [3.05, 3.63) is 105 Å². The quantitative estimate of drug-likeness (QED) is 0.112. The highest BCUT2D eigenvalue weighted by atomic mass is 35.5. The minimum Gasteiger partial charge on any atom is -0.376 e. The largest absolute Gasteiger partial charge is 0.376 e. The number of nitrogens with one attached hydrogen (secondary N) is 2. The van der Waals surface area contributed by atoms with Crippen LogP contribution in [0.2, 0.25) is 5.02 Å². The number of carbonyl (C=O) groups excluding carboxylic acids is 1. The van der Waals surface area contributed by atoms with Gasteiger partial charge in [0, 0.05) is 49.8 Å². The number of fused-ring (bicyclic) bond motifs is 4. The summed E-state index contributed by atoms with van der Waals surface area (Å²) in [4.78, 5) is 20.3. The van der Waals surface area contributed by atoms with Crippen LogP contribution in [0.15, 0.2) is 60.5 Å². The van der Waals surface area contributed by atoms with Crippen molar-refractivity contribution in [2.45, 2.75) is 37.3 Å². The summed E-state index contributed by atoms with van der Waals surface area (Å²) >= 11 is 6.59. The van der Waals surface area contributed by atoms with Gasteiger partial charge in [0.05, 0.1) is 51.7 Å². The second kappa shape index (κ2) is 13.8. The van der Waals surface area contributed by atoms with Crippen molar-refractivity contribution in [3.63, 3.8) is 0 Å².